The fourth-order valence-corrected chi connectivity index (χ4v) is 5.46. The second kappa shape index (κ2) is 11.2. The van der Waals surface area contributed by atoms with Gasteiger partial charge in [0, 0.05) is 36.3 Å². The molecule has 3 N–H and O–H groups in total. The maximum atomic E-state index is 13.7. The SMILES string of the molecule is Cc1nn(C)cc1-c1cc(C(F)F)nc2sc(C(N)=O)c(NC(=O)c3ccc(COc4ccc([N+](=O)[O-])cc4Cl)o3)c12. The molecule has 0 saturated carbocycles. The zero-order valence-electron chi connectivity index (χ0n) is 21.7. The maximum absolute atomic E-state index is 13.7. The third-order valence-corrected chi connectivity index (χ3v) is 7.45. The number of thiophene rings is 1. The van der Waals surface area contributed by atoms with E-state index in [1.807, 2.05) is 0 Å². The molecule has 1 aromatic carbocycles. The van der Waals surface area contributed by atoms with E-state index >= 15 is 0 Å². The van der Waals surface area contributed by atoms with Gasteiger partial charge in [-0.2, -0.15) is 5.10 Å². The number of pyridine rings is 1. The summed E-state index contributed by atoms with van der Waals surface area (Å²) in [6, 6.07) is 7.72. The minimum absolute atomic E-state index is 0.00840. The van der Waals surface area contributed by atoms with Crippen LogP contribution >= 0.6 is 22.9 Å². The van der Waals surface area contributed by atoms with Crippen molar-refractivity contribution in [2.45, 2.75) is 20.0 Å². The fourth-order valence-electron chi connectivity index (χ4n) is 4.22. The van der Waals surface area contributed by atoms with Crippen molar-refractivity contribution in [2.24, 2.45) is 12.8 Å². The summed E-state index contributed by atoms with van der Waals surface area (Å²) in [4.78, 5) is 39.9. The number of carbonyl (C=O) groups is 2. The highest BCUT2D eigenvalue weighted by Crippen LogP contribution is 2.43. The molecule has 0 spiro atoms. The van der Waals surface area contributed by atoms with Gasteiger partial charge in [-0.15, -0.1) is 11.3 Å². The van der Waals surface area contributed by atoms with Crippen molar-refractivity contribution >= 4 is 56.3 Å². The lowest BCUT2D eigenvalue weighted by atomic mass is 10.0. The van der Waals surface area contributed by atoms with Gasteiger partial charge in [-0.25, -0.2) is 13.8 Å². The second-order valence-electron chi connectivity index (χ2n) is 8.93. The zero-order valence-corrected chi connectivity index (χ0v) is 23.3. The van der Waals surface area contributed by atoms with E-state index in [1.54, 1.807) is 20.2 Å². The molecule has 0 saturated heterocycles. The molecule has 16 heteroatoms. The average Bonchev–Trinajstić information content (AvgIpc) is 3.64. The number of nitro groups is 1. The smallest absolute Gasteiger partial charge is 0.291 e. The quantitative estimate of drug-likeness (QED) is 0.149. The van der Waals surface area contributed by atoms with Crippen LogP contribution in [-0.2, 0) is 13.7 Å². The molecule has 2 amide bonds. The van der Waals surface area contributed by atoms with Crippen molar-refractivity contribution in [2.75, 3.05) is 5.32 Å². The Bertz CT molecular complexity index is 1880. The molecule has 0 aliphatic heterocycles. The summed E-state index contributed by atoms with van der Waals surface area (Å²) >= 11 is 6.82. The first kappa shape index (κ1) is 28.6. The number of nitrogens with zero attached hydrogens (tertiary/aromatic N) is 4. The van der Waals surface area contributed by atoms with E-state index in [0.29, 0.717) is 11.3 Å². The molecule has 0 aliphatic carbocycles. The number of carbonyl (C=O) groups excluding carboxylic acids is 2. The maximum Gasteiger partial charge on any atom is 0.291 e. The van der Waals surface area contributed by atoms with Crippen molar-refractivity contribution in [3.63, 3.8) is 0 Å². The lowest BCUT2D eigenvalue weighted by Gasteiger charge is -2.10. The van der Waals surface area contributed by atoms with Crippen LogP contribution in [0.5, 0.6) is 5.75 Å². The van der Waals surface area contributed by atoms with Crippen LogP contribution in [0.1, 0.15) is 43.8 Å². The van der Waals surface area contributed by atoms with Gasteiger partial charge in [-0.3, -0.25) is 24.4 Å². The number of nitro benzene ring substituents is 1. The van der Waals surface area contributed by atoms with Crippen molar-refractivity contribution in [3.05, 3.63) is 85.5 Å². The molecular weight excluding hydrogens is 598 g/mol. The summed E-state index contributed by atoms with van der Waals surface area (Å²) in [6.45, 7) is 1.53. The highest BCUT2D eigenvalue weighted by Gasteiger charge is 2.27. The van der Waals surface area contributed by atoms with Crippen molar-refractivity contribution in [3.8, 4) is 16.9 Å². The van der Waals surface area contributed by atoms with Crippen LogP contribution in [0.15, 0.2) is 47.0 Å². The first-order valence-corrected chi connectivity index (χ1v) is 13.1. The number of furan rings is 1. The molecule has 5 rings (SSSR count). The Morgan fingerprint density at radius 1 is 1.26 bits per heavy atom. The minimum atomic E-state index is -2.90. The highest BCUT2D eigenvalue weighted by molar-refractivity contribution is 7.21. The second-order valence-corrected chi connectivity index (χ2v) is 10.3. The van der Waals surface area contributed by atoms with Gasteiger partial charge in [0.1, 0.15) is 33.5 Å². The molecule has 12 nitrogen and oxygen atoms in total. The number of benzene rings is 1. The van der Waals surface area contributed by atoms with Crippen molar-refractivity contribution in [1.82, 2.24) is 14.8 Å². The number of hydrogen-bond acceptors (Lipinski definition) is 9. The van der Waals surface area contributed by atoms with Crippen LogP contribution in [0.2, 0.25) is 5.02 Å². The summed E-state index contributed by atoms with van der Waals surface area (Å²) in [5.74, 6) is -1.43. The van der Waals surface area contributed by atoms with Gasteiger partial charge >= 0.3 is 0 Å². The molecular formula is C26H19ClF2N6O6S. The monoisotopic (exact) mass is 616 g/mol. The van der Waals surface area contributed by atoms with Crippen LogP contribution in [0.4, 0.5) is 20.2 Å². The third kappa shape index (κ3) is 5.51. The summed E-state index contributed by atoms with van der Waals surface area (Å²) in [5.41, 5.74) is 6.17. The van der Waals surface area contributed by atoms with Gasteiger partial charge in [-0.1, -0.05) is 11.6 Å². The predicted molar refractivity (Wildman–Crippen MR) is 149 cm³/mol. The van der Waals surface area contributed by atoms with Gasteiger partial charge in [0.05, 0.1) is 21.3 Å². The Morgan fingerprint density at radius 2 is 2.02 bits per heavy atom. The number of ether oxygens (including phenoxy) is 1. The molecule has 216 valence electrons. The van der Waals surface area contributed by atoms with Gasteiger partial charge in [0.15, 0.2) is 5.76 Å². The number of rotatable bonds is 9. The molecule has 5 aromatic rings. The Balaban J connectivity index is 1.47. The number of amides is 2. The number of aryl methyl sites for hydroxylation is 2. The number of nitrogens with one attached hydrogen (secondary N) is 1. The normalized spacial score (nSPS) is 11.3. The Hall–Kier alpha value is -4.89. The van der Waals surface area contributed by atoms with Crippen LogP contribution in [-0.4, -0.2) is 31.5 Å². The molecule has 0 unspecified atom stereocenters. The number of hydrogen-bond donors (Lipinski definition) is 2. The van der Waals surface area contributed by atoms with E-state index in [0.717, 1.165) is 17.4 Å². The first-order valence-electron chi connectivity index (χ1n) is 12.0. The number of nitrogens with two attached hydrogens (primary N) is 1. The predicted octanol–water partition coefficient (Wildman–Crippen LogP) is 6.03. The van der Waals surface area contributed by atoms with Gasteiger partial charge in [-0.05, 0) is 36.8 Å². The number of halogens is 3. The number of alkyl halides is 2. The minimum Gasteiger partial charge on any atom is -0.484 e. The Morgan fingerprint density at radius 3 is 2.64 bits per heavy atom. The van der Waals surface area contributed by atoms with E-state index in [-0.39, 0.29) is 60.9 Å². The summed E-state index contributed by atoms with van der Waals surface area (Å²) < 4.78 is 40.1. The topological polar surface area (TPSA) is 168 Å². The van der Waals surface area contributed by atoms with E-state index in [1.165, 1.54) is 35.0 Å². The molecule has 0 radical (unpaired) electrons. The molecule has 42 heavy (non-hydrogen) atoms. The number of non-ortho nitro benzene ring substituents is 1. The number of primary amides is 1. The molecule has 0 aliphatic rings. The van der Waals surface area contributed by atoms with Gasteiger partial charge in [0.25, 0.3) is 23.9 Å². The Labute approximate surface area is 243 Å². The van der Waals surface area contributed by atoms with Crippen LogP contribution in [0.25, 0.3) is 21.3 Å². The lowest BCUT2D eigenvalue weighted by Crippen LogP contribution is -2.16. The summed E-state index contributed by atoms with van der Waals surface area (Å²) in [6.07, 6.45) is -1.27. The zero-order chi connectivity index (χ0) is 30.3. The highest BCUT2D eigenvalue weighted by atomic mass is 35.5. The fraction of sp³-hybridized carbons (Fsp3) is 0.154. The largest absolute Gasteiger partial charge is 0.484 e. The first-order chi connectivity index (χ1) is 19.9. The van der Waals surface area contributed by atoms with Crippen LogP contribution < -0.4 is 15.8 Å². The van der Waals surface area contributed by atoms with Crippen LogP contribution in [0.3, 0.4) is 0 Å². The van der Waals surface area contributed by atoms with Crippen molar-refractivity contribution in [1.29, 1.82) is 0 Å². The summed E-state index contributed by atoms with van der Waals surface area (Å²) in [7, 11) is 1.67. The van der Waals surface area contributed by atoms with Crippen molar-refractivity contribution < 1.29 is 32.4 Å². The van der Waals surface area contributed by atoms with Crippen LogP contribution in [0, 0.1) is 17.0 Å². The molecule has 0 bridgehead atoms. The van der Waals surface area contributed by atoms with E-state index in [9.17, 15) is 28.5 Å². The van der Waals surface area contributed by atoms with E-state index < -0.39 is 28.9 Å². The Kier molecular flexibility index (Phi) is 7.62. The average molecular weight is 617 g/mol. The molecule has 4 heterocycles. The number of aromatic nitrogens is 3. The lowest BCUT2D eigenvalue weighted by molar-refractivity contribution is -0.384. The third-order valence-electron chi connectivity index (χ3n) is 6.05. The number of fused-ring (bicyclic) bond motifs is 1. The molecule has 0 fully saturated rings. The molecule has 4 aromatic heterocycles. The van der Waals surface area contributed by atoms with E-state index in [2.05, 4.69) is 15.4 Å². The van der Waals surface area contributed by atoms with E-state index in [4.69, 9.17) is 26.5 Å². The molecule has 0 atom stereocenters. The van der Waals surface area contributed by atoms with Gasteiger partial charge < -0.3 is 20.2 Å². The number of anilines is 1. The van der Waals surface area contributed by atoms with Gasteiger partial charge in [0.2, 0.25) is 0 Å². The standard InChI is InChI=1S/C26H19ClF2N6O6S/c1-11-15(9-34(2)33-11)14-8-17(23(28)29)31-26-20(14)21(22(42-26)24(30)36)32-25(37)19-6-4-13(41-19)10-40-18-5-3-12(35(38)39)7-16(18)27/h3-9,23H,10H2,1-2H3,(H2,30,36)(H,32,37). The summed E-state index contributed by atoms with van der Waals surface area (Å²) in [5, 5.41) is 18.1.